The van der Waals surface area contributed by atoms with Crippen LogP contribution in [0.1, 0.15) is 10.9 Å². The van der Waals surface area contributed by atoms with Crippen molar-refractivity contribution in [3.63, 3.8) is 0 Å². The molecular weight excluding hydrogens is 358 g/mol. The molecule has 26 heavy (non-hydrogen) atoms. The number of nitro benzene ring substituents is 1. The van der Waals surface area contributed by atoms with Gasteiger partial charge in [-0.1, -0.05) is 30.0 Å². The van der Waals surface area contributed by atoms with Crippen molar-refractivity contribution in [2.24, 2.45) is 0 Å². The molecule has 0 saturated heterocycles. The Morgan fingerprint density at radius 1 is 1.31 bits per heavy atom. The van der Waals surface area contributed by atoms with Crippen molar-refractivity contribution in [1.29, 1.82) is 0 Å². The fourth-order valence-electron chi connectivity index (χ4n) is 2.66. The first-order chi connectivity index (χ1) is 12.6. The highest BCUT2D eigenvalue weighted by atomic mass is 32.2. The van der Waals surface area contributed by atoms with E-state index >= 15 is 0 Å². The quantitative estimate of drug-likeness (QED) is 0.531. The average Bonchev–Trinajstić information content (AvgIpc) is 3.23. The summed E-state index contributed by atoms with van der Waals surface area (Å²) in [6, 6.07) is 11.3. The van der Waals surface area contributed by atoms with Crippen LogP contribution in [0.2, 0.25) is 0 Å². The number of nitrogens with one attached hydrogen (secondary N) is 1. The second kappa shape index (κ2) is 6.23. The van der Waals surface area contributed by atoms with Gasteiger partial charge in [-0.15, -0.1) is 10.2 Å². The normalized spacial score (nSPS) is 15.3. The van der Waals surface area contributed by atoms with Crippen molar-refractivity contribution < 1.29 is 14.8 Å². The van der Waals surface area contributed by atoms with Crippen LogP contribution in [0.3, 0.4) is 0 Å². The number of non-ortho nitro benzene ring substituents is 1. The topological polar surface area (TPSA) is 115 Å². The standard InChI is InChI=1S/C16H13N5O4S/c1-25-13-8-10(5-6-12(13)22)15-19-20-14(17-18-16(20)26-15)9-3-2-4-11(7-9)21(23)24/h2-8,15,19,22H,1H3/t15-/m1/s1. The van der Waals surface area contributed by atoms with Crippen LogP contribution < -0.4 is 10.2 Å². The van der Waals surface area contributed by atoms with E-state index in [4.69, 9.17) is 4.74 Å². The van der Waals surface area contributed by atoms with Crippen LogP contribution in [0.5, 0.6) is 11.5 Å². The second-order valence-corrected chi connectivity index (χ2v) is 6.58. The minimum Gasteiger partial charge on any atom is -0.504 e. The van der Waals surface area contributed by atoms with Gasteiger partial charge < -0.3 is 15.3 Å². The summed E-state index contributed by atoms with van der Waals surface area (Å²) in [5, 5.41) is 29.5. The molecule has 2 aromatic carbocycles. The van der Waals surface area contributed by atoms with Crippen molar-refractivity contribution in [3.8, 4) is 22.9 Å². The van der Waals surface area contributed by atoms with Gasteiger partial charge in [0.15, 0.2) is 17.3 Å². The average molecular weight is 371 g/mol. The zero-order valence-electron chi connectivity index (χ0n) is 13.5. The van der Waals surface area contributed by atoms with Crippen LogP contribution in [0, 0.1) is 10.1 Å². The van der Waals surface area contributed by atoms with E-state index < -0.39 is 4.92 Å². The molecule has 0 spiro atoms. The van der Waals surface area contributed by atoms with Crippen molar-refractivity contribution >= 4 is 17.4 Å². The Morgan fingerprint density at radius 3 is 2.92 bits per heavy atom. The summed E-state index contributed by atoms with van der Waals surface area (Å²) < 4.78 is 6.85. The highest BCUT2D eigenvalue weighted by Gasteiger charge is 2.29. The number of nitro groups is 1. The molecule has 9 nitrogen and oxygen atoms in total. The molecule has 4 rings (SSSR count). The van der Waals surface area contributed by atoms with Crippen LogP contribution in [-0.4, -0.2) is 32.0 Å². The molecule has 2 N–H and O–H groups in total. The Morgan fingerprint density at radius 2 is 2.15 bits per heavy atom. The summed E-state index contributed by atoms with van der Waals surface area (Å²) in [4.78, 5) is 10.5. The van der Waals surface area contributed by atoms with Crippen LogP contribution in [0.25, 0.3) is 11.4 Å². The predicted octanol–water partition coefficient (Wildman–Crippen LogP) is 2.92. The van der Waals surface area contributed by atoms with Gasteiger partial charge in [-0.25, -0.2) is 4.68 Å². The van der Waals surface area contributed by atoms with E-state index in [1.807, 2.05) is 0 Å². The minimum absolute atomic E-state index is 0.00896. The lowest BCUT2D eigenvalue weighted by Gasteiger charge is -2.13. The molecule has 132 valence electrons. The van der Waals surface area contributed by atoms with Gasteiger partial charge in [0.05, 0.1) is 12.0 Å². The van der Waals surface area contributed by atoms with E-state index in [0.717, 1.165) is 5.56 Å². The van der Waals surface area contributed by atoms with Gasteiger partial charge in [0.1, 0.15) is 5.37 Å². The number of hydrogen-bond donors (Lipinski definition) is 2. The molecule has 0 bridgehead atoms. The molecule has 2 heterocycles. The molecule has 1 atom stereocenters. The number of thioether (sulfide) groups is 1. The zero-order valence-corrected chi connectivity index (χ0v) is 14.3. The van der Waals surface area contributed by atoms with Gasteiger partial charge in [0.2, 0.25) is 5.16 Å². The number of fused-ring (bicyclic) bond motifs is 1. The molecule has 0 fully saturated rings. The first-order valence-electron chi connectivity index (χ1n) is 7.57. The summed E-state index contributed by atoms with van der Waals surface area (Å²) in [5.74, 6) is 0.937. The number of methoxy groups -OCH3 is 1. The lowest BCUT2D eigenvalue weighted by molar-refractivity contribution is -0.384. The van der Waals surface area contributed by atoms with E-state index in [0.29, 0.717) is 22.3 Å². The Labute approximate surface area is 151 Å². The largest absolute Gasteiger partial charge is 0.504 e. The summed E-state index contributed by atoms with van der Waals surface area (Å²) in [6.07, 6.45) is 0. The molecule has 1 aromatic heterocycles. The van der Waals surface area contributed by atoms with Crippen LogP contribution in [0.4, 0.5) is 5.69 Å². The molecule has 1 aliphatic heterocycles. The molecular formula is C16H13N5O4S. The van der Waals surface area contributed by atoms with E-state index in [1.54, 1.807) is 35.0 Å². The fraction of sp³-hybridized carbons (Fsp3) is 0.125. The summed E-state index contributed by atoms with van der Waals surface area (Å²) in [5.41, 5.74) is 4.74. The van der Waals surface area contributed by atoms with Crippen molar-refractivity contribution in [2.45, 2.75) is 10.5 Å². The number of ether oxygens (including phenoxy) is 1. The SMILES string of the molecule is COc1cc([C@@H]2Nn3c(nnc3-c3cccc([N+](=O)[O-])c3)S2)ccc1O. The lowest BCUT2D eigenvalue weighted by Crippen LogP contribution is -2.13. The smallest absolute Gasteiger partial charge is 0.270 e. The Balaban J connectivity index is 1.65. The summed E-state index contributed by atoms with van der Waals surface area (Å²) >= 11 is 1.45. The first-order valence-corrected chi connectivity index (χ1v) is 8.45. The highest BCUT2D eigenvalue weighted by molar-refractivity contribution is 7.99. The zero-order chi connectivity index (χ0) is 18.3. The fourth-order valence-corrected chi connectivity index (χ4v) is 3.64. The monoisotopic (exact) mass is 371 g/mol. The maximum Gasteiger partial charge on any atom is 0.270 e. The van der Waals surface area contributed by atoms with Crippen molar-refractivity contribution in [2.75, 3.05) is 12.5 Å². The van der Waals surface area contributed by atoms with E-state index in [9.17, 15) is 15.2 Å². The number of nitrogens with zero attached hydrogens (tertiary/aromatic N) is 4. The number of aromatic hydroxyl groups is 1. The molecule has 10 heteroatoms. The van der Waals surface area contributed by atoms with Crippen LogP contribution in [-0.2, 0) is 0 Å². The van der Waals surface area contributed by atoms with E-state index in [-0.39, 0.29) is 16.8 Å². The van der Waals surface area contributed by atoms with Crippen molar-refractivity contribution in [3.05, 3.63) is 58.1 Å². The van der Waals surface area contributed by atoms with Crippen LogP contribution >= 0.6 is 11.8 Å². The second-order valence-electron chi connectivity index (χ2n) is 5.51. The number of hydrogen-bond acceptors (Lipinski definition) is 8. The third-order valence-electron chi connectivity index (χ3n) is 3.92. The predicted molar refractivity (Wildman–Crippen MR) is 94.7 cm³/mol. The summed E-state index contributed by atoms with van der Waals surface area (Å²) in [6.45, 7) is 0. The number of phenols is 1. The molecule has 3 aromatic rings. The Bertz CT molecular complexity index is 1010. The van der Waals surface area contributed by atoms with E-state index in [1.165, 1.54) is 31.0 Å². The van der Waals surface area contributed by atoms with E-state index in [2.05, 4.69) is 15.6 Å². The van der Waals surface area contributed by atoms with Gasteiger partial charge >= 0.3 is 0 Å². The van der Waals surface area contributed by atoms with Gasteiger partial charge in [0, 0.05) is 17.7 Å². The van der Waals surface area contributed by atoms with Crippen molar-refractivity contribution in [1.82, 2.24) is 14.9 Å². The molecule has 0 aliphatic carbocycles. The third-order valence-corrected chi connectivity index (χ3v) is 5.01. The minimum atomic E-state index is -0.446. The lowest BCUT2D eigenvalue weighted by atomic mass is 10.2. The van der Waals surface area contributed by atoms with Gasteiger partial charge in [-0.3, -0.25) is 10.1 Å². The molecule has 0 radical (unpaired) electrons. The maximum atomic E-state index is 11.0. The Hall–Kier alpha value is -3.27. The number of phenolic OH excluding ortho intramolecular Hbond substituents is 1. The number of benzene rings is 2. The maximum absolute atomic E-state index is 11.0. The first kappa shape index (κ1) is 16.2. The van der Waals surface area contributed by atoms with Crippen LogP contribution in [0.15, 0.2) is 47.6 Å². The highest BCUT2D eigenvalue weighted by Crippen LogP contribution is 2.42. The van der Waals surface area contributed by atoms with Gasteiger partial charge in [0.25, 0.3) is 5.69 Å². The molecule has 0 saturated carbocycles. The summed E-state index contributed by atoms with van der Waals surface area (Å²) in [7, 11) is 1.49. The molecule has 0 unspecified atom stereocenters. The number of aromatic nitrogens is 3. The molecule has 1 aliphatic rings. The van der Waals surface area contributed by atoms with Gasteiger partial charge in [-0.05, 0) is 17.7 Å². The number of rotatable bonds is 4. The molecule has 0 amide bonds. The third kappa shape index (κ3) is 2.69. The van der Waals surface area contributed by atoms with Gasteiger partial charge in [-0.2, -0.15) is 0 Å². The Kier molecular flexibility index (Phi) is 3.88.